The molecule has 1 aliphatic rings. The van der Waals surface area contributed by atoms with E-state index in [1.54, 1.807) is 7.05 Å². The summed E-state index contributed by atoms with van der Waals surface area (Å²) in [5, 5.41) is 3.31. The number of nitrogens with zero attached hydrogens (tertiary/aromatic N) is 3. The molecule has 1 fully saturated rings. The highest BCUT2D eigenvalue weighted by atomic mass is 127. The van der Waals surface area contributed by atoms with Crippen molar-refractivity contribution in [3.05, 3.63) is 42.0 Å². The molecule has 0 saturated carbocycles. The van der Waals surface area contributed by atoms with Crippen LogP contribution in [0.25, 0.3) is 6.08 Å². The molecule has 0 aliphatic carbocycles. The molecule has 0 amide bonds. The molecule has 2 N–H and O–H groups in total. The summed E-state index contributed by atoms with van der Waals surface area (Å²) in [6.45, 7) is 5.93. The molecule has 7 nitrogen and oxygen atoms in total. The van der Waals surface area contributed by atoms with E-state index < -0.39 is 10.0 Å². The summed E-state index contributed by atoms with van der Waals surface area (Å²) in [4.78, 5) is 9.03. The fourth-order valence-electron chi connectivity index (χ4n) is 2.92. The van der Waals surface area contributed by atoms with Gasteiger partial charge in [-0.15, -0.1) is 24.0 Å². The Morgan fingerprint density at radius 1 is 1.14 bits per heavy atom. The van der Waals surface area contributed by atoms with Crippen LogP contribution >= 0.6 is 24.0 Å². The van der Waals surface area contributed by atoms with Crippen molar-refractivity contribution in [1.29, 1.82) is 0 Å². The van der Waals surface area contributed by atoms with Gasteiger partial charge < -0.3 is 10.2 Å². The Bertz CT molecular complexity index is 717. The summed E-state index contributed by atoms with van der Waals surface area (Å²) in [5.41, 5.74) is 1.23. The second-order valence-electron chi connectivity index (χ2n) is 6.59. The Labute approximate surface area is 186 Å². The zero-order valence-electron chi connectivity index (χ0n) is 16.7. The maximum absolute atomic E-state index is 11.0. The van der Waals surface area contributed by atoms with Crippen LogP contribution in [0.1, 0.15) is 12.0 Å². The minimum Gasteiger partial charge on any atom is -0.356 e. The van der Waals surface area contributed by atoms with Crippen molar-refractivity contribution in [2.45, 2.75) is 6.42 Å². The lowest BCUT2D eigenvalue weighted by Crippen LogP contribution is -2.52. The second-order valence-corrected chi connectivity index (χ2v) is 8.43. The Balaban J connectivity index is 0.00000392. The van der Waals surface area contributed by atoms with Crippen molar-refractivity contribution in [2.24, 2.45) is 4.99 Å². The standard InChI is InChI=1S/C19H31N5O2S.HI/c1-20-19(21-11-7-12-22-27(2,25)26)24-16-14-23(15-17-24)13-6-10-18-8-4-3-5-9-18;/h3-6,8-10,22H,7,11-17H2,1-2H3,(H,20,21);1H. The average molecular weight is 521 g/mol. The van der Waals surface area contributed by atoms with E-state index in [0.717, 1.165) is 45.1 Å². The van der Waals surface area contributed by atoms with Gasteiger partial charge in [0.15, 0.2) is 5.96 Å². The lowest BCUT2D eigenvalue weighted by Gasteiger charge is -2.36. The van der Waals surface area contributed by atoms with Gasteiger partial charge in [0.05, 0.1) is 6.26 Å². The Kier molecular flexibility index (Phi) is 11.7. The molecule has 158 valence electrons. The Hall–Kier alpha value is -1.17. The van der Waals surface area contributed by atoms with Crippen LogP contribution in [-0.4, -0.2) is 83.3 Å². The molecule has 1 aromatic carbocycles. The highest BCUT2D eigenvalue weighted by molar-refractivity contribution is 14.0. The number of halogens is 1. The summed E-state index contributed by atoms with van der Waals surface area (Å²) in [7, 11) is -1.33. The number of benzene rings is 1. The molecule has 0 spiro atoms. The van der Waals surface area contributed by atoms with Gasteiger partial charge in [0.2, 0.25) is 10.0 Å². The number of sulfonamides is 1. The summed E-state index contributed by atoms with van der Waals surface area (Å²) < 4.78 is 24.6. The monoisotopic (exact) mass is 521 g/mol. The molecule has 0 aromatic heterocycles. The van der Waals surface area contributed by atoms with E-state index in [4.69, 9.17) is 0 Å². The van der Waals surface area contributed by atoms with E-state index in [-0.39, 0.29) is 24.0 Å². The van der Waals surface area contributed by atoms with E-state index in [1.165, 1.54) is 11.8 Å². The van der Waals surface area contributed by atoms with Gasteiger partial charge in [-0.05, 0) is 12.0 Å². The first-order valence-corrected chi connectivity index (χ1v) is 11.2. The number of guanidine groups is 1. The van der Waals surface area contributed by atoms with Crippen LogP contribution in [0.2, 0.25) is 0 Å². The van der Waals surface area contributed by atoms with Crippen molar-refractivity contribution in [3.63, 3.8) is 0 Å². The lowest BCUT2D eigenvalue weighted by atomic mass is 10.2. The van der Waals surface area contributed by atoms with Crippen molar-refractivity contribution in [2.75, 3.05) is 59.1 Å². The first-order valence-electron chi connectivity index (χ1n) is 9.32. The SMILES string of the molecule is CN=C(NCCCNS(C)(=O)=O)N1CCN(CC=Cc2ccccc2)CC1.I. The summed E-state index contributed by atoms with van der Waals surface area (Å²) >= 11 is 0. The summed E-state index contributed by atoms with van der Waals surface area (Å²) in [6, 6.07) is 10.3. The van der Waals surface area contributed by atoms with Gasteiger partial charge in [-0.3, -0.25) is 9.89 Å². The van der Waals surface area contributed by atoms with Gasteiger partial charge in [0, 0.05) is 52.9 Å². The fourth-order valence-corrected chi connectivity index (χ4v) is 3.44. The molecule has 28 heavy (non-hydrogen) atoms. The van der Waals surface area contributed by atoms with Crippen molar-refractivity contribution in [3.8, 4) is 0 Å². The van der Waals surface area contributed by atoms with E-state index in [1.807, 2.05) is 18.2 Å². The molecule has 0 radical (unpaired) electrons. The van der Waals surface area contributed by atoms with Crippen LogP contribution in [-0.2, 0) is 10.0 Å². The third-order valence-electron chi connectivity index (χ3n) is 4.36. The number of piperazine rings is 1. The number of hydrogen-bond donors (Lipinski definition) is 2. The van der Waals surface area contributed by atoms with Gasteiger partial charge >= 0.3 is 0 Å². The molecular formula is C19H32IN5O2S. The van der Waals surface area contributed by atoms with Crippen molar-refractivity contribution >= 4 is 46.0 Å². The molecule has 1 saturated heterocycles. The van der Waals surface area contributed by atoms with Crippen LogP contribution in [0.5, 0.6) is 0 Å². The zero-order valence-corrected chi connectivity index (χ0v) is 19.8. The Morgan fingerprint density at radius 2 is 1.82 bits per heavy atom. The van der Waals surface area contributed by atoms with Crippen LogP contribution < -0.4 is 10.0 Å². The van der Waals surface area contributed by atoms with E-state index in [9.17, 15) is 8.42 Å². The molecule has 0 atom stereocenters. The van der Waals surface area contributed by atoms with Crippen LogP contribution in [0.3, 0.4) is 0 Å². The summed E-state index contributed by atoms with van der Waals surface area (Å²) in [5.74, 6) is 0.883. The summed E-state index contributed by atoms with van der Waals surface area (Å²) in [6.07, 6.45) is 6.27. The molecule has 9 heteroatoms. The molecule has 1 heterocycles. The second kappa shape index (κ2) is 13.1. The highest BCUT2D eigenvalue weighted by Gasteiger charge is 2.18. The predicted octanol–water partition coefficient (Wildman–Crippen LogP) is 1.45. The molecule has 1 aromatic rings. The molecule has 1 aliphatic heterocycles. The normalized spacial score (nSPS) is 16.2. The first-order chi connectivity index (χ1) is 13.0. The van der Waals surface area contributed by atoms with Crippen LogP contribution in [0, 0.1) is 0 Å². The number of hydrogen-bond acceptors (Lipinski definition) is 4. The van der Waals surface area contributed by atoms with E-state index >= 15 is 0 Å². The third-order valence-corrected chi connectivity index (χ3v) is 5.09. The molecular weight excluding hydrogens is 489 g/mol. The van der Waals surface area contributed by atoms with Gasteiger partial charge in [-0.1, -0.05) is 42.5 Å². The fraction of sp³-hybridized carbons (Fsp3) is 0.526. The largest absolute Gasteiger partial charge is 0.356 e. The third kappa shape index (κ3) is 9.85. The quantitative estimate of drug-likeness (QED) is 0.235. The lowest BCUT2D eigenvalue weighted by molar-refractivity contribution is 0.194. The van der Waals surface area contributed by atoms with Crippen LogP contribution in [0.4, 0.5) is 0 Å². The maximum Gasteiger partial charge on any atom is 0.208 e. The Morgan fingerprint density at radius 3 is 2.43 bits per heavy atom. The van der Waals surface area contributed by atoms with E-state index in [2.05, 4.69) is 49.1 Å². The molecule has 2 rings (SSSR count). The van der Waals surface area contributed by atoms with Gasteiger partial charge in [-0.2, -0.15) is 0 Å². The van der Waals surface area contributed by atoms with Gasteiger partial charge in [0.25, 0.3) is 0 Å². The smallest absolute Gasteiger partial charge is 0.208 e. The number of nitrogens with one attached hydrogen (secondary N) is 2. The van der Waals surface area contributed by atoms with Crippen molar-refractivity contribution in [1.82, 2.24) is 19.8 Å². The first kappa shape index (κ1) is 24.9. The average Bonchev–Trinajstić information content (AvgIpc) is 2.65. The molecule has 0 unspecified atom stereocenters. The highest BCUT2D eigenvalue weighted by Crippen LogP contribution is 2.05. The van der Waals surface area contributed by atoms with Crippen molar-refractivity contribution < 1.29 is 8.42 Å². The zero-order chi connectivity index (χ0) is 19.5. The van der Waals surface area contributed by atoms with E-state index in [0.29, 0.717) is 13.1 Å². The van der Waals surface area contributed by atoms with Gasteiger partial charge in [-0.25, -0.2) is 13.1 Å². The van der Waals surface area contributed by atoms with Gasteiger partial charge in [0.1, 0.15) is 0 Å². The minimum absolute atomic E-state index is 0. The minimum atomic E-state index is -3.11. The van der Waals surface area contributed by atoms with Crippen LogP contribution in [0.15, 0.2) is 41.4 Å². The predicted molar refractivity (Wildman–Crippen MR) is 128 cm³/mol. The number of aliphatic imine (C=N–C) groups is 1. The maximum atomic E-state index is 11.0. The molecule has 0 bridgehead atoms. The topological polar surface area (TPSA) is 77.0 Å². The number of rotatable bonds is 8.